The largest absolute Gasteiger partial charge is 0.382 e. The summed E-state index contributed by atoms with van der Waals surface area (Å²) in [5.41, 5.74) is -0.281. The number of carbonyl (C=O) groups is 1. The van der Waals surface area contributed by atoms with Crippen molar-refractivity contribution < 1.29 is 22.7 Å². The number of hydrogen-bond acceptors (Lipinski definition) is 5. The number of benzene rings is 1. The molecule has 0 aliphatic rings. The molecule has 1 aromatic carbocycles. The number of carbonyl (C=O) groups excluding carboxylic acids is 1. The molecule has 1 atom stereocenters. The van der Waals surface area contributed by atoms with Crippen LogP contribution in [0, 0.1) is 0 Å². The summed E-state index contributed by atoms with van der Waals surface area (Å²) < 4.78 is 37.1. The highest BCUT2D eigenvalue weighted by Crippen LogP contribution is 2.13. The second-order valence-electron chi connectivity index (χ2n) is 4.99. The molecular formula is C14H21NO5S. The van der Waals surface area contributed by atoms with Crippen LogP contribution < -0.4 is 4.72 Å². The second-order valence-corrected chi connectivity index (χ2v) is 6.76. The van der Waals surface area contributed by atoms with Gasteiger partial charge in [0.25, 0.3) is 0 Å². The first-order valence-electron chi connectivity index (χ1n) is 6.39. The van der Waals surface area contributed by atoms with Crippen LogP contribution in [-0.4, -0.2) is 47.2 Å². The lowest BCUT2D eigenvalue weighted by atomic mass is 10.1. The van der Waals surface area contributed by atoms with Crippen molar-refractivity contribution in [2.24, 2.45) is 0 Å². The van der Waals surface area contributed by atoms with Crippen LogP contribution in [0.1, 0.15) is 24.2 Å². The predicted octanol–water partition coefficient (Wildman–Crippen LogP) is 1.22. The van der Waals surface area contributed by atoms with E-state index in [0.717, 1.165) is 0 Å². The first kappa shape index (κ1) is 17.8. The van der Waals surface area contributed by atoms with Gasteiger partial charge in [0.2, 0.25) is 10.0 Å². The summed E-state index contributed by atoms with van der Waals surface area (Å²) in [6, 6.07) is 5.78. The summed E-state index contributed by atoms with van der Waals surface area (Å²) in [5, 5.41) is 0. The minimum Gasteiger partial charge on any atom is -0.382 e. The lowest BCUT2D eigenvalue weighted by molar-refractivity contribution is -0.0460. The normalized spacial score (nSPS) is 14.7. The number of hydrogen-bond donors (Lipinski definition) is 1. The Kier molecular flexibility index (Phi) is 6.03. The van der Waals surface area contributed by atoms with Crippen molar-refractivity contribution in [3.8, 4) is 0 Å². The molecule has 0 aliphatic heterocycles. The molecule has 1 rings (SSSR count). The molecule has 0 heterocycles. The highest BCUT2D eigenvalue weighted by molar-refractivity contribution is 7.89. The van der Waals surface area contributed by atoms with Gasteiger partial charge in [0, 0.05) is 26.3 Å². The van der Waals surface area contributed by atoms with E-state index in [1.807, 2.05) is 0 Å². The molecule has 6 nitrogen and oxygen atoms in total. The fourth-order valence-electron chi connectivity index (χ4n) is 1.69. The maximum Gasteiger partial charge on any atom is 0.240 e. The van der Waals surface area contributed by atoms with Gasteiger partial charge in [-0.25, -0.2) is 13.1 Å². The molecule has 0 saturated carbocycles. The number of Topliss-reactive ketones (excluding diaryl/α,β-unsaturated/α-hetero) is 1. The number of nitrogens with one attached hydrogen (secondary N) is 1. The molecule has 7 heteroatoms. The Morgan fingerprint density at radius 3 is 2.24 bits per heavy atom. The Morgan fingerprint density at radius 2 is 1.81 bits per heavy atom. The molecule has 0 saturated heterocycles. The molecular weight excluding hydrogens is 294 g/mol. The smallest absolute Gasteiger partial charge is 0.240 e. The van der Waals surface area contributed by atoms with Crippen LogP contribution in [0.5, 0.6) is 0 Å². The molecule has 0 unspecified atom stereocenters. The highest BCUT2D eigenvalue weighted by Gasteiger charge is 2.26. The molecule has 1 aromatic rings. The minimum atomic E-state index is -3.66. The highest BCUT2D eigenvalue weighted by atomic mass is 32.2. The van der Waals surface area contributed by atoms with Crippen LogP contribution in [0.25, 0.3) is 0 Å². The van der Waals surface area contributed by atoms with Gasteiger partial charge in [0.15, 0.2) is 5.78 Å². The summed E-state index contributed by atoms with van der Waals surface area (Å²) in [5.74, 6) is -0.112. The van der Waals surface area contributed by atoms with E-state index >= 15 is 0 Å². The van der Waals surface area contributed by atoms with E-state index in [1.54, 1.807) is 6.92 Å². The zero-order valence-electron chi connectivity index (χ0n) is 12.7. The van der Waals surface area contributed by atoms with Gasteiger partial charge < -0.3 is 9.47 Å². The zero-order valence-corrected chi connectivity index (χ0v) is 13.5. The molecule has 21 heavy (non-hydrogen) atoms. The molecule has 0 radical (unpaired) electrons. The Bertz CT molecular complexity index is 582. The maximum atomic E-state index is 12.2. The first-order chi connectivity index (χ1) is 9.74. The first-order valence-corrected chi connectivity index (χ1v) is 7.87. The summed E-state index contributed by atoms with van der Waals surface area (Å²) >= 11 is 0. The molecule has 0 aliphatic carbocycles. The van der Waals surface area contributed by atoms with Crippen molar-refractivity contribution in [1.82, 2.24) is 4.72 Å². The van der Waals surface area contributed by atoms with Crippen molar-refractivity contribution in [2.75, 3.05) is 27.4 Å². The Balaban J connectivity index is 2.84. The topological polar surface area (TPSA) is 81.7 Å². The van der Waals surface area contributed by atoms with Gasteiger partial charge in [0.1, 0.15) is 5.60 Å². The van der Waals surface area contributed by atoms with Crippen LogP contribution in [0.3, 0.4) is 0 Å². The van der Waals surface area contributed by atoms with E-state index in [4.69, 9.17) is 9.47 Å². The molecule has 0 bridgehead atoms. The third-order valence-electron chi connectivity index (χ3n) is 3.15. The van der Waals surface area contributed by atoms with Gasteiger partial charge in [-0.3, -0.25) is 4.79 Å². The third kappa shape index (κ3) is 4.89. The van der Waals surface area contributed by atoms with E-state index in [0.29, 0.717) is 5.56 Å². The molecule has 0 amide bonds. The average Bonchev–Trinajstić information content (AvgIpc) is 2.46. The van der Waals surface area contributed by atoms with Crippen molar-refractivity contribution in [3.63, 3.8) is 0 Å². The van der Waals surface area contributed by atoms with Gasteiger partial charge in [-0.1, -0.05) is 12.1 Å². The molecule has 1 N–H and O–H groups in total. The van der Waals surface area contributed by atoms with E-state index < -0.39 is 15.6 Å². The van der Waals surface area contributed by atoms with Crippen molar-refractivity contribution >= 4 is 15.8 Å². The van der Waals surface area contributed by atoms with Gasteiger partial charge in [-0.2, -0.15) is 0 Å². The zero-order chi connectivity index (χ0) is 16.1. The Hall–Kier alpha value is -1.28. The molecule has 0 fully saturated rings. The second kappa shape index (κ2) is 7.13. The molecule has 118 valence electrons. The lowest BCUT2D eigenvalue weighted by Crippen LogP contribution is -2.45. The monoisotopic (exact) mass is 315 g/mol. The van der Waals surface area contributed by atoms with Crippen molar-refractivity contribution in [3.05, 3.63) is 29.8 Å². The van der Waals surface area contributed by atoms with Crippen molar-refractivity contribution in [2.45, 2.75) is 24.3 Å². The van der Waals surface area contributed by atoms with Crippen LogP contribution in [0.4, 0.5) is 0 Å². The van der Waals surface area contributed by atoms with E-state index in [1.165, 1.54) is 45.4 Å². The molecule has 0 spiro atoms. The summed E-state index contributed by atoms with van der Waals surface area (Å²) in [6.07, 6.45) is 0. The molecule has 0 aromatic heterocycles. The number of ketones is 1. The van der Waals surface area contributed by atoms with Crippen LogP contribution >= 0.6 is 0 Å². The van der Waals surface area contributed by atoms with Gasteiger partial charge >= 0.3 is 0 Å². The van der Waals surface area contributed by atoms with Gasteiger partial charge in [-0.15, -0.1) is 0 Å². The number of methoxy groups -OCH3 is 2. The fourth-order valence-corrected chi connectivity index (χ4v) is 2.84. The van der Waals surface area contributed by atoms with E-state index in [2.05, 4.69) is 4.72 Å². The van der Waals surface area contributed by atoms with Crippen LogP contribution in [-0.2, 0) is 19.5 Å². The third-order valence-corrected chi connectivity index (χ3v) is 4.57. The van der Waals surface area contributed by atoms with E-state index in [-0.39, 0.29) is 23.8 Å². The van der Waals surface area contributed by atoms with E-state index in [9.17, 15) is 13.2 Å². The lowest BCUT2D eigenvalue weighted by Gasteiger charge is -2.27. The Morgan fingerprint density at radius 1 is 1.24 bits per heavy atom. The fraction of sp³-hybridized carbons (Fsp3) is 0.500. The van der Waals surface area contributed by atoms with Gasteiger partial charge in [-0.05, 0) is 26.0 Å². The SMILES string of the molecule is COC[C@](C)(CNS(=O)(=O)c1ccc(C(C)=O)cc1)OC. The van der Waals surface area contributed by atoms with Crippen molar-refractivity contribution in [1.29, 1.82) is 0 Å². The standard InChI is InChI=1S/C14H21NO5S/c1-11(16)12-5-7-13(8-6-12)21(17,18)15-9-14(2,20-4)10-19-3/h5-8,15H,9-10H2,1-4H3/t14-/m0/s1. The summed E-state index contributed by atoms with van der Waals surface area (Å²) in [6.45, 7) is 3.51. The number of rotatable bonds is 8. The number of sulfonamides is 1. The predicted molar refractivity (Wildman–Crippen MR) is 78.9 cm³/mol. The number of ether oxygens (including phenoxy) is 2. The minimum absolute atomic E-state index is 0.0775. The van der Waals surface area contributed by atoms with Crippen LogP contribution in [0.2, 0.25) is 0 Å². The quantitative estimate of drug-likeness (QED) is 0.729. The summed E-state index contributed by atoms with van der Waals surface area (Å²) in [7, 11) is -0.646. The summed E-state index contributed by atoms with van der Waals surface area (Å²) in [4.78, 5) is 11.3. The van der Waals surface area contributed by atoms with Crippen LogP contribution in [0.15, 0.2) is 29.2 Å². The van der Waals surface area contributed by atoms with Gasteiger partial charge in [0.05, 0.1) is 11.5 Å². The Labute approximate surface area is 125 Å². The average molecular weight is 315 g/mol. The maximum absolute atomic E-state index is 12.2.